The molecule has 2 fully saturated rings. The molecule has 3 nitrogen and oxygen atoms in total. The lowest BCUT2D eigenvalue weighted by molar-refractivity contribution is -0.902. The molecule has 0 bridgehead atoms. The van der Waals surface area contributed by atoms with Gasteiger partial charge >= 0.3 is 0 Å². The molecular formula is C17H23Cl2N2O+. The number of amides is 1. The predicted molar refractivity (Wildman–Crippen MR) is 90.7 cm³/mol. The van der Waals surface area contributed by atoms with Crippen LogP contribution in [0.3, 0.4) is 0 Å². The van der Waals surface area contributed by atoms with Crippen LogP contribution in [0.1, 0.15) is 32.1 Å². The molecule has 22 heavy (non-hydrogen) atoms. The van der Waals surface area contributed by atoms with Crippen LogP contribution < -0.4 is 10.2 Å². The van der Waals surface area contributed by atoms with Crippen LogP contribution in [0, 0.1) is 11.8 Å². The molecule has 0 radical (unpaired) electrons. The van der Waals surface area contributed by atoms with Gasteiger partial charge in [0.2, 0.25) is 0 Å². The summed E-state index contributed by atoms with van der Waals surface area (Å²) in [6.07, 6.45) is 6.76. The first kappa shape index (κ1) is 16.1. The molecule has 2 N–H and O–H groups in total. The molecule has 3 rings (SSSR count). The Hall–Kier alpha value is -0.770. The minimum Gasteiger partial charge on any atom is -0.327 e. The molecule has 1 heterocycles. The first-order valence-electron chi connectivity index (χ1n) is 8.21. The van der Waals surface area contributed by atoms with Gasteiger partial charge in [-0.05, 0) is 37.3 Å². The summed E-state index contributed by atoms with van der Waals surface area (Å²) in [5.41, 5.74) is 0.603. The van der Waals surface area contributed by atoms with Crippen LogP contribution in [0.15, 0.2) is 18.2 Å². The van der Waals surface area contributed by atoms with E-state index in [1.54, 1.807) is 18.2 Å². The summed E-state index contributed by atoms with van der Waals surface area (Å²) in [4.78, 5) is 13.7. The molecule has 5 heteroatoms. The highest BCUT2D eigenvalue weighted by atomic mass is 35.5. The maximum atomic E-state index is 12.3. The summed E-state index contributed by atoms with van der Waals surface area (Å²) < 4.78 is 0. The first-order valence-corrected chi connectivity index (χ1v) is 8.96. The van der Waals surface area contributed by atoms with E-state index in [0.717, 1.165) is 24.9 Å². The molecule has 120 valence electrons. The van der Waals surface area contributed by atoms with Crippen molar-refractivity contribution in [3.63, 3.8) is 0 Å². The molecule has 2 aliphatic rings. The molecule has 1 aromatic carbocycles. The Morgan fingerprint density at radius 1 is 1.18 bits per heavy atom. The second kappa shape index (κ2) is 7.20. The fraction of sp³-hybridized carbons (Fsp3) is 0.588. The van der Waals surface area contributed by atoms with Crippen molar-refractivity contribution in [2.24, 2.45) is 11.8 Å². The lowest BCUT2D eigenvalue weighted by Gasteiger charge is -2.38. The lowest BCUT2D eigenvalue weighted by atomic mass is 9.75. The Morgan fingerprint density at radius 2 is 1.95 bits per heavy atom. The largest absolute Gasteiger partial charge is 0.327 e. The summed E-state index contributed by atoms with van der Waals surface area (Å²) in [5.74, 6) is 1.75. The number of quaternary nitrogens is 1. The maximum Gasteiger partial charge on any atom is 0.279 e. The van der Waals surface area contributed by atoms with Crippen molar-refractivity contribution in [1.29, 1.82) is 0 Å². The van der Waals surface area contributed by atoms with Gasteiger partial charge in [0.15, 0.2) is 6.54 Å². The average Bonchev–Trinajstić information content (AvgIpc) is 2.52. The van der Waals surface area contributed by atoms with Gasteiger partial charge in [-0.2, -0.15) is 0 Å². The van der Waals surface area contributed by atoms with E-state index in [2.05, 4.69) is 5.32 Å². The van der Waals surface area contributed by atoms with E-state index >= 15 is 0 Å². The first-order chi connectivity index (χ1) is 10.6. The molecule has 1 amide bonds. The van der Waals surface area contributed by atoms with Gasteiger partial charge in [0.25, 0.3) is 5.91 Å². The van der Waals surface area contributed by atoms with Crippen LogP contribution in [-0.4, -0.2) is 25.5 Å². The molecule has 0 aromatic heterocycles. The van der Waals surface area contributed by atoms with E-state index in [9.17, 15) is 4.79 Å². The van der Waals surface area contributed by atoms with Crippen LogP contribution in [0.25, 0.3) is 0 Å². The molecule has 1 aromatic rings. The van der Waals surface area contributed by atoms with Crippen LogP contribution in [0.5, 0.6) is 0 Å². The Bertz CT molecular complexity index is 549. The van der Waals surface area contributed by atoms with E-state index in [0.29, 0.717) is 22.3 Å². The van der Waals surface area contributed by atoms with E-state index in [1.807, 2.05) is 0 Å². The van der Waals surface area contributed by atoms with Crippen molar-refractivity contribution in [2.45, 2.75) is 32.1 Å². The Morgan fingerprint density at radius 3 is 2.77 bits per heavy atom. The number of fused-ring (bicyclic) bond motifs is 1. The normalized spacial score (nSPS) is 28.0. The molecule has 1 saturated carbocycles. The second-order valence-corrected chi connectivity index (χ2v) is 7.41. The van der Waals surface area contributed by atoms with Gasteiger partial charge in [0.05, 0.1) is 28.8 Å². The van der Waals surface area contributed by atoms with Gasteiger partial charge in [0.1, 0.15) is 0 Å². The van der Waals surface area contributed by atoms with Crippen molar-refractivity contribution in [3.8, 4) is 0 Å². The number of rotatable bonds is 3. The van der Waals surface area contributed by atoms with Gasteiger partial charge in [-0.15, -0.1) is 0 Å². The van der Waals surface area contributed by atoms with Crippen molar-refractivity contribution in [1.82, 2.24) is 0 Å². The number of nitrogens with one attached hydrogen (secondary N) is 2. The lowest BCUT2D eigenvalue weighted by Crippen LogP contribution is -3.15. The molecular weight excluding hydrogens is 319 g/mol. The highest BCUT2D eigenvalue weighted by Gasteiger charge is 2.34. The third-order valence-corrected chi connectivity index (χ3v) is 5.94. The maximum absolute atomic E-state index is 12.3. The SMILES string of the molecule is O=C(C[NH+]1CC[C@@H]2CCCC[C@@H]2C1)Nc1cccc(Cl)c1Cl. The fourth-order valence-corrected chi connectivity index (χ4v) is 4.33. The summed E-state index contributed by atoms with van der Waals surface area (Å²) >= 11 is 12.1. The highest BCUT2D eigenvalue weighted by Crippen LogP contribution is 2.32. The van der Waals surface area contributed by atoms with Crippen LogP contribution in [0.2, 0.25) is 10.0 Å². The van der Waals surface area contributed by atoms with Gasteiger partial charge < -0.3 is 10.2 Å². The van der Waals surface area contributed by atoms with Crippen LogP contribution in [0.4, 0.5) is 5.69 Å². The third kappa shape index (κ3) is 3.76. The van der Waals surface area contributed by atoms with Crippen molar-refractivity contribution < 1.29 is 9.69 Å². The number of carbonyl (C=O) groups excluding carboxylic acids is 1. The summed E-state index contributed by atoms with van der Waals surface area (Å²) in [7, 11) is 0. The smallest absolute Gasteiger partial charge is 0.279 e. The monoisotopic (exact) mass is 341 g/mol. The molecule has 0 spiro atoms. The van der Waals surface area contributed by atoms with E-state index < -0.39 is 0 Å². The average molecular weight is 342 g/mol. The number of likely N-dealkylation sites (tertiary alicyclic amines) is 1. The van der Waals surface area contributed by atoms with Crippen molar-refractivity contribution in [2.75, 3.05) is 25.0 Å². The van der Waals surface area contributed by atoms with E-state index in [1.165, 1.54) is 37.0 Å². The van der Waals surface area contributed by atoms with Crippen LogP contribution in [-0.2, 0) is 4.79 Å². The number of carbonyl (C=O) groups is 1. The number of benzene rings is 1. The standard InChI is InChI=1S/C17H22Cl2N2O/c18-14-6-3-7-15(17(14)19)20-16(22)11-21-9-8-12-4-1-2-5-13(12)10-21/h3,6-7,12-13H,1-2,4-5,8-11H2,(H,20,22)/p+1/t12-,13+/m0/s1. The Labute approximate surface area is 142 Å². The summed E-state index contributed by atoms with van der Waals surface area (Å²) in [6.45, 7) is 2.77. The number of hydrogen-bond acceptors (Lipinski definition) is 1. The summed E-state index contributed by atoms with van der Waals surface area (Å²) in [5, 5.41) is 3.78. The summed E-state index contributed by atoms with van der Waals surface area (Å²) in [6, 6.07) is 5.30. The molecule has 1 saturated heterocycles. The van der Waals surface area contributed by atoms with Gasteiger partial charge in [-0.3, -0.25) is 4.79 Å². The van der Waals surface area contributed by atoms with Gasteiger partial charge in [-0.25, -0.2) is 0 Å². The predicted octanol–water partition coefficient (Wildman–Crippen LogP) is 3.03. The second-order valence-electron chi connectivity index (χ2n) is 6.62. The zero-order valence-electron chi connectivity index (χ0n) is 12.7. The molecule has 1 unspecified atom stereocenters. The quantitative estimate of drug-likeness (QED) is 0.870. The topological polar surface area (TPSA) is 33.5 Å². The minimum absolute atomic E-state index is 0.0217. The Balaban J connectivity index is 1.54. The van der Waals surface area contributed by atoms with E-state index in [-0.39, 0.29) is 5.91 Å². The van der Waals surface area contributed by atoms with Crippen LogP contribution >= 0.6 is 23.2 Å². The number of hydrogen-bond donors (Lipinski definition) is 2. The Kier molecular flexibility index (Phi) is 5.27. The molecule has 1 aliphatic carbocycles. The van der Waals surface area contributed by atoms with Gasteiger partial charge in [0, 0.05) is 5.92 Å². The molecule has 1 aliphatic heterocycles. The zero-order valence-corrected chi connectivity index (χ0v) is 14.2. The minimum atomic E-state index is 0.0217. The number of anilines is 1. The van der Waals surface area contributed by atoms with Gasteiger partial charge in [-0.1, -0.05) is 42.1 Å². The number of halogens is 2. The number of piperidine rings is 1. The van der Waals surface area contributed by atoms with Crippen molar-refractivity contribution >= 4 is 34.8 Å². The molecule has 3 atom stereocenters. The van der Waals surface area contributed by atoms with Crippen molar-refractivity contribution in [3.05, 3.63) is 28.2 Å². The third-order valence-electron chi connectivity index (χ3n) is 5.12. The van der Waals surface area contributed by atoms with E-state index in [4.69, 9.17) is 23.2 Å². The zero-order chi connectivity index (χ0) is 15.5. The fourth-order valence-electron chi connectivity index (χ4n) is 3.98. The highest BCUT2D eigenvalue weighted by molar-refractivity contribution is 6.43.